The van der Waals surface area contributed by atoms with Gasteiger partial charge in [-0.05, 0) is 25.0 Å². The Kier molecular flexibility index (Phi) is 4.13. The zero-order valence-electron chi connectivity index (χ0n) is 11.4. The topological polar surface area (TPSA) is 43.1 Å². The summed E-state index contributed by atoms with van der Waals surface area (Å²) in [6, 6.07) is 15.2. The Morgan fingerprint density at radius 3 is 2.21 bits per heavy atom. The lowest BCUT2D eigenvalue weighted by Gasteiger charge is -2.11. The molecule has 0 aliphatic rings. The lowest BCUT2D eigenvalue weighted by Crippen LogP contribution is -2.23. The van der Waals surface area contributed by atoms with Crippen molar-refractivity contribution in [3.05, 3.63) is 70.8 Å². The molecule has 2 rings (SSSR count). The minimum absolute atomic E-state index is 0.0520. The molecule has 1 atom stereocenters. The number of nitrogens with two attached hydrogens (primary N) is 1. The summed E-state index contributed by atoms with van der Waals surface area (Å²) < 4.78 is 0. The normalized spacial score (nSPS) is 12.2. The summed E-state index contributed by atoms with van der Waals surface area (Å²) in [7, 11) is 0. The second-order valence-electron chi connectivity index (χ2n) is 5.03. The molecule has 2 N–H and O–H groups in total. The van der Waals surface area contributed by atoms with Crippen LogP contribution >= 0.6 is 0 Å². The zero-order chi connectivity index (χ0) is 13.8. The summed E-state index contributed by atoms with van der Waals surface area (Å²) in [5.74, 6) is 0.0520. The van der Waals surface area contributed by atoms with Crippen molar-refractivity contribution in [2.24, 2.45) is 5.73 Å². The second kappa shape index (κ2) is 5.81. The van der Waals surface area contributed by atoms with Crippen LogP contribution in [0.1, 0.15) is 28.3 Å². The summed E-state index contributed by atoms with van der Waals surface area (Å²) in [4.78, 5) is 12.2. The fourth-order valence-corrected chi connectivity index (χ4v) is 2.33. The first kappa shape index (κ1) is 13.5. The predicted octanol–water partition coefficient (Wildman–Crippen LogP) is 3.12. The lowest BCUT2D eigenvalue weighted by molar-refractivity contribution is -0.119. The van der Waals surface area contributed by atoms with Crippen LogP contribution in [0.25, 0.3) is 0 Å². The number of hydrogen-bond acceptors (Lipinski definition) is 2. The molecule has 2 aromatic rings. The molecular weight excluding hydrogens is 234 g/mol. The quantitative estimate of drug-likeness (QED) is 0.909. The first-order valence-corrected chi connectivity index (χ1v) is 6.46. The van der Waals surface area contributed by atoms with Gasteiger partial charge < -0.3 is 5.73 Å². The van der Waals surface area contributed by atoms with E-state index in [1.165, 1.54) is 11.1 Å². The van der Waals surface area contributed by atoms with Crippen molar-refractivity contribution in [3.63, 3.8) is 0 Å². The van der Waals surface area contributed by atoms with Crippen LogP contribution in [0.5, 0.6) is 0 Å². The minimum atomic E-state index is -0.540. The van der Waals surface area contributed by atoms with Crippen molar-refractivity contribution in [2.75, 3.05) is 0 Å². The monoisotopic (exact) mass is 253 g/mol. The van der Waals surface area contributed by atoms with Crippen molar-refractivity contribution in [2.45, 2.75) is 26.3 Å². The zero-order valence-corrected chi connectivity index (χ0v) is 11.4. The third kappa shape index (κ3) is 3.52. The SMILES string of the molecule is Cc1cc(C)cc(CC(=O)C(N)c2ccccc2)c1. The van der Waals surface area contributed by atoms with Crippen LogP contribution < -0.4 is 5.73 Å². The van der Waals surface area contributed by atoms with Gasteiger partial charge in [-0.1, -0.05) is 59.7 Å². The molecule has 0 saturated heterocycles. The molecular formula is C17H19NO. The number of ketones is 1. The maximum absolute atomic E-state index is 12.2. The number of rotatable bonds is 4. The number of hydrogen-bond donors (Lipinski definition) is 1. The van der Waals surface area contributed by atoms with Crippen LogP contribution in [-0.4, -0.2) is 5.78 Å². The Morgan fingerprint density at radius 1 is 1.05 bits per heavy atom. The molecule has 0 aromatic heterocycles. The molecule has 0 spiro atoms. The van der Waals surface area contributed by atoms with E-state index in [-0.39, 0.29) is 5.78 Å². The van der Waals surface area contributed by atoms with Crippen molar-refractivity contribution in [1.29, 1.82) is 0 Å². The van der Waals surface area contributed by atoms with Gasteiger partial charge in [-0.3, -0.25) is 4.79 Å². The van der Waals surface area contributed by atoms with Crippen LogP contribution in [0.2, 0.25) is 0 Å². The number of Topliss-reactive ketones (excluding diaryl/α,β-unsaturated/α-hetero) is 1. The van der Waals surface area contributed by atoms with Crippen molar-refractivity contribution < 1.29 is 4.79 Å². The first-order chi connectivity index (χ1) is 9.06. The van der Waals surface area contributed by atoms with Gasteiger partial charge in [-0.15, -0.1) is 0 Å². The van der Waals surface area contributed by atoms with Gasteiger partial charge in [0.05, 0.1) is 6.04 Å². The van der Waals surface area contributed by atoms with Gasteiger partial charge in [-0.25, -0.2) is 0 Å². The van der Waals surface area contributed by atoms with E-state index < -0.39 is 6.04 Å². The highest BCUT2D eigenvalue weighted by Crippen LogP contribution is 2.15. The van der Waals surface area contributed by atoms with Crippen LogP contribution in [0, 0.1) is 13.8 Å². The Labute approximate surface area is 114 Å². The summed E-state index contributed by atoms with van der Waals surface area (Å²) in [6.45, 7) is 4.08. The Bertz CT molecular complexity index is 555. The molecule has 0 aliphatic heterocycles. The summed E-state index contributed by atoms with van der Waals surface area (Å²) in [6.07, 6.45) is 0.387. The van der Waals surface area contributed by atoms with E-state index in [9.17, 15) is 4.79 Å². The minimum Gasteiger partial charge on any atom is -0.318 e. The Balaban J connectivity index is 2.13. The van der Waals surface area contributed by atoms with Crippen molar-refractivity contribution in [1.82, 2.24) is 0 Å². The molecule has 0 amide bonds. The molecule has 0 radical (unpaired) electrons. The molecule has 2 heteroatoms. The van der Waals surface area contributed by atoms with E-state index in [2.05, 4.69) is 6.07 Å². The summed E-state index contributed by atoms with van der Waals surface area (Å²) in [5, 5.41) is 0. The van der Waals surface area contributed by atoms with E-state index in [1.807, 2.05) is 56.3 Å². The highest BCUT2D eigenvalue weighted by atomic mass is 16.1. The first-order valence-electron chi connectivity index (χ1n) is 6.46. The van der Waals surface area contributed by atoms with Crippen molar-refractivity contribution in [3.8, 4) is 0 Å². The number of carbonyl (C=O) groups excluding carboxylic acids is 1. The number of benzene rings is 2. The Morgan fingerprint density at radius 2 is 1.63 bits per heavy atom. The molecule has 2 nitrogen and oxygen atoms in total. The van der Waals surface area contributed by atoms with Gasteiger partial charge in [0, 0.05) is 6.42 Å². The molecule has 19 heavy (non-hydrogen) atoms. The second-order valence-corrected chi connectivity index (χ2v) is 5.03. The molecule has 1 unspecified atom stereocenters. The standard InChI is InChI=1S/C17H19NO/c1-12-8-13(2)10-14(9-12)11-16(19)17(18)15-6-4-3-5-7-15/h3-10,17H,11,18H2,1-2H3. The third-order valence-electron chi connectivity index (χ3n) is 3.17. The molecule has 0 aliphatic carbocycles. The van der Waals surface area contributed by atoms with Crippen LogP contribution in [0.4, 0.5) is 0 Å². The largest absolute Gasteiger partial charge is 0.318 e. The van der Waals surface area contributed by atoms with Gasteiger partial charge in [0.15, 0.2) is 5.78 Å². The van der Waals surface area contributed by atoms with E-state index in [0.29, 0.717) is 6.42 Å². The maximum atomic E-state index is 12.2. The average molecular weight is 253 g/mol. The smallest absolute Gasteiger partial charge is 0.158 e. The lowest BCUT2D eigenvalue weighted by atomic mass is 9.97. The van der Waals surface area contributed by atoms with E-state index in [1.54, 1.807) is 0 Å². The molecule has 0 fully saturated rings. The van der Waals surface area contributed by atoms with E-state index in [4.69, 9.17) is 5.73 Å². The molecule has 0 bridgehead atoms. The molecule has 2 aromatic carbocycles. The van der Waals surface area contributed by atoms with E-state index in [0.717, 1.165) is 11.1 Å². The molecule has 0 heterocycles. The van der Waals surface area contributed by atoms with Crippen molar-refractivity contribution >= 4 is 5.78 Å². The number of aryl methyl sites for hydroxylation is 2. The molecule has 98 valence electrons. The summed E-state index contributed by atoms with van der Waals surface area (Å²) >= 11 is 0. The average Bonchev–Trinajstić information content (AvgIpc) is 2.37. The fraction of sp³-hybridized carbons (Fsp3) is 0.235. The van der Waals surface area contributed by atoms with Gasteiger partial charge in [0.2, 0.25) is 0 Å². The van der Waals surface area contributed by atoms with E-state index >= 15 is 0 Å². The van der Waals surface area contributed by atoms with Crippen LogP contribution in [0.3, 0.4) is 0 Å². The Hall–Kier alpha value is -1.93. The van der Waals surface area contributed by atoms with Gasteiger partial charge in [-0.2, -0.15) is 0 Å². The van der Waals surface area contributed by atoms with Crippen LogP contribution in [-0.2, 0) is 11.2 Å². The van der Waals surface area contributed by atoms with Gasteiger partial charge in [0.25, 0.3) is 0 Å². The number of carbonyl (C=O) groups is 1. The maximum Gasteiger partial charge on any atom is 0.158 e. The third-order valence-corrected chi connectivity index (χ3v) is 3.17. The summed E-state index contributed by atoms with van der Waals surface area (Å²) in [5.41, 5.74) is 10.3. The fourth-order valence-electron chi connectivity index (χ4n) is 2.33. The van der Waals surface area contributed by atoms with Crippen LogP contribution in [0.15, 0.2) is 48.5 Å². The molecule has 0 saturated carbocycles. The highest BCUT2D eigenvalue weighted by molar-refractivity contribution is 5.87. The predicted molar refractivity (Wildman–Crippen MR) is 78.0 cm³/mol. The van der Waals surface area contributed by atoms with Gasteiger partial charge >= 0.3 is 0 Å². The highest BCUT2D eigenvalue weighted by Gasteiger charge is 2.15. The van der Waals surface area contributed by atoms with Gasteiger partial charge in [0.1, 0.15) is 0 Å².